The van der Waals surface area contributed by atoms with Crippen LogP contribution in [0.2, 0.25) is 0 Å². The molecule has 2 aromatic carbocycles. The molecule has 0 spiro atoms. The summed E-state index contributed by atoms with van der Waals surface area (Å²) in [5.41, 5.74) is 4.96. The number of carbonyl (C=O) groups is 3. The second kappa shape index (κ2) is 10.8. The zero-order valence-electron chi connectivity index (χ0n) is 19.4. The summed E-state index contributed by atoms with van der Waals surface area (Å²) in [4.78, 5) is 40.2. The minimum absolute atomic E-state index is 0.0489. The quantitative estimate of drug-likeness (QED) is 0.410. The number of aliphatic carboxylic acids is 1. The van der Waals surface area contributed by atoms with E-state index in [0.717, 1.165) is 28.7 Å². The number of pyridine rings is 1. The summed E-state index contributed by atoms with van der Waals surface area (Å²) in [5.74, 6) is -1.71. The highest BCUT2D eigenvalue weighted by Crippen LogP contribution is 2.44. The van der Waals surface area contributed by atoms with Crippen LogP contribution in [-0.4, -0.2) is 40.7 Å². The molecule has 35 heavy (non-hydrogen) atoms. The van der Waals surface area contributed by atoms with Crippen LogP contribution in [0, 0.1) is 0 Å². The molecule has 0 bridgehead atoms. The number of anilines is 1. The molecular weight excluding hydrogens is 446 g/mol. The molecule has 1 heterocycles. The third-order valence-electron chi connectivity index (χ3n) is 6.04. The van der Waals surface area contributed by atoms with Gasteiger partial charge in [-0.2, -0.15) is 0 Å². The van der Waals surface area contributed by atoms with Crippen molar-refractivity contribution >= 4 is 23.7 Å². The van der Waals surface area contributed by atoms with Crippen LogP contribution in [0.5, 0.6) is 0 Å². The fourth-order valence-electron chi connectivity index (χ4n) is 4.25. The first-order valence-corrected chi connectivity index (χ1v) is 11.6. The van der Waals surface area contributed by atoms with E-state index in [0.29, 0.717) is 18.5 Å². The smallest absolute Gasteiger partial charge is 0.411 e. The highest BCUT2D eigenvalue weighted by Gasteiger charge is 2.29. The Labute approximate surface area is 203 Å². The maximum atomic E-state index is 12.4. The first-order valence-electron chi connectivity index (χ1n) is 11.6. The molecule has 1 aromatic heterocycles. The van der Waals surface area contributed by atoms with Crippen molar-refractivity contribution in [3.05, 3.63) is 83.7 Å². The molecule has 1 aliphatic rings. The van der Waals surface area contributed by atoms with Gasteiger partial charge < -0.3 is 15.2 Å². The van der Waals surface area contributed by atoms with E-state index >= 15 is 0 Å². The molecule has 0 saturated heterocycles. The second-order valence-corrected chi connectivity index (χ2v) is 8.39. The van der Waals surface area contributed by atoms with Gasteiger partial charge in [0.1, 0.15) is 18.3 Å². The van der Waals surface area contributed by atoms with Crippen molar-refractivity contribution in [2.24, 2.45) is 0 Å². The maximum absolute atomic E-state index is 12.4. The number of nitrogens with zero attached hydrogens (tertiary/aromatic N) is 1. The molecule has 0 fully saturated rings. The molecule has 4 rings (SSSR count). The van der Waals surface area contributed by atoms with Gasteiger partial charge in [0, 0.05) is 5.92 Å². The Morgan fingerprint density at radius 2 is 1.66 bits per heavy atom. The Kier molecular flexibility index (Phi) is 7.40. The topological polar surface area (TPSA) is 118 Å². The Bertz CT molecular complexity index is 1180. The van der Waals surface area contributed by atoms with Crippen molar-refractivity contribution in [3.8, 4) is 11.1 Å². The van der Waals surface area contributed by atoms with Crippen LogP contribution >= 0.6 is 0 Å². The van der Waals surface area contributed by atoms with Crippen molar-refractivity contribution in [3.63, 3.8) is 0 Å². The first kappa shape index (κ1) is 23.9. The molecule has 1 unspecified atom stereocenters. The molecule has 0 saturated carbocycles. The van der Waals surface area contributed by atoms with Crippen LogP contribution in [0.3, 0.4) is 0 Å². The van der Waals surface area contributed by atoms with Gasteiger partial charge in [-0.15, -0.1) is 0 Å². The third kappa shape index (κ3) is 5.48. The molecule has 2 amide bonds. The lowest BCUT2D eigenvalue weighted by atomic mass is 9.98. The lowest BCUT2D eigenvalue weighted by Gasteiger charge is -2.15. The number of rotatable bonds is 9. The zero-order chi connectivity index (χ0) is 24.8. The van der Waals surface area contributed by atoms with E-state index in [-0.39, 0.29) is 18.2 Å². The van der Waals surface area contributed by atoms with Crippen molar-refractivity contribution in [2.75, 3.05) is 11.9 Å². The van der Waals surface area contributed by atoms with E-state index in [9.17, 15) is 19.5 Å². The van der Waals surface area contributed by atoms with Crippen LogP contribution < -0.4 is 10.6 Å². The highest BCUT2D eigenvalue weighted by molar-refractivity contribution is 5.95. The van der Waals surface area contributed by atoms with E-state index in [2.05, 4.69) is 27.8 Å². The van der Waals surface area contributed by atoms with E-state index in [1.54, 1.807) is 0 Å². The number of nitrogens with one attached hydrogen (secondary N) is 2. The van der Waals surface area contributed by atoms with Crippen molar-refractivity contribution < 1.29 is 24.2 Å². The predicted molar refractivity (Wildman–Crippen MR) is 131 cm³/mol. The van der Waals surface area contributed by atoms with Crippen LogP contribution in [0.25, 0.3) is 11.1 Å². The minimum atomic E-state index is -1.08. The fraction of sp³-hybridized carbons (Fsp3) is 0.259. The fourth-order valence-corrected chi connectivity index (χ4v) is 4.25. The number of carbonyl (C=O) groups excluding carboxylic acids is 2. The number of fused-ring (bicyclic) bond motifs is 3. The summed E-state index contributed by atoms with van der Waals surface area (Å²) >= 11 is 0. The Morgan fingerprint density at radius 3 is 2.23 bits per heavy atom. The molecule has 8 heteroatoms. The molecule has 3 N–H and O–H groups in total. The number of hydrogen-bond acceptors (Lipinski definition) is 5. The first-order chi connectivity index (χ1) is 17.0. The van der Waals surface area contributed by atoms with Gasteiger partial charge in [-0.1, -0.05) is 68.3 Å². The molecule has 3 aromatic rings. The molecule has 180 valence electrons. The van der Waals surface area contributed by atoms with E-state index in [1.807, 2.05) is 43.3 Å². The molecule has 8 nitrogen and oxygen atoms in total. The zero-order valence-corrected chi connectivity index (χ0v) is 19.4. The largest absolute Gasteiger partial charge is 0.480 e. The van der Waals surface area contributed by atoms with Gasteiger partial charge in [0.05, 0.1) is 11.9 Å². The van der Waals surface area contributed by atoms with E-state index < -0.39 is 24.0 Å². The van der Waals surface area contributed by atoms with E-state index in [4.69, 9.17) is 4.74 Å². The van der Waals surface area contributed by atoms with Gasteiger partial charge in [-0.25, -0.2) is 14.6 Å². The van der Waals surface area contributed by atoms with Gasteiger partial charge in [-0.3, -0.25) is 10.1 Å². The average Bonchev–Trinajstić information content (AvgIpc) is 3.19. The van der Waals surface area contributed by atoms with Crippen molar-refractivity contribution in [1.29, 1.82) is 0 Å². The van der Waals surface area contributed by atoms with Crippen molar-refractivity contribution in [1.82, 2.24) is 10.3 Å². The number of carboxylic acids is 1. The summed E-state index contributed by atoms with van der Waals surface area (Å²) in [6, 6.07) is 18.2. The minimum Gasteiger partial charge on any atom is -0.480 e. The number of hydrogen-bond donors (Lipinski definition) is 3. The Hall–Kier alpha value is -4.20. The number of unbranched alkanes of at least 4 members (excludes halogenated alkanes) is 1. The molecule has 0 aliphatic heterocycles. The van der Waals surface area contributed by atoms with Gasteiger partial charge in [-0.05, 0) is 40.8 Å². The Morgan fingerprint density at radius 1 is 1.00 bits per heavy atom. The lowest BCUT2D eigenvalue weighted by molar-refractivity contribution is -0.139. The van der Waals surface area contributed by atoms with Crippen LogP contribution in [-0.2, 0) is 9.53 Å². The summed E-state index contributed by atoms with van der Waals surface area (Å²) in [7, 11) is 0. The summed E-state index contributed by atoms with van der Waals surface area (Å²) < 4.78 is 5.52. The maximum Gasteiger partial charge on any atom is 0.411 e. The summed E-state index contributed by atoms with van der Waals surface area (Å²) in [5, 5.41) is 14.4. The highest BCUT2D eigenvalue weighted by atomic mass is 16.5. The lowest BCUT2D eigenvalue weighted by Crippen LogP contribution is -2.41. The number of aromatic nitrogens is 1. The SMILES string of the molecule is CCCCC(NC(=O)c1ccc(NC(=O)OCC2c3ccccc3-c3ccccc32)cn1)C(=O)O. The van der Waals surface area contributed by atoms with Crippen LogP contribution in [0.1, 0.15) is 53.7 Å². The van der Waals surface area contributed by atoms with Crippen LogP contribution in [0.15, 0.2) is 66.9 Å². The standard InChI is InChI=1S/C27H27N3O5/c1-2-3-12-24(26(32)33)30-25(31)23-14-13-17(15-28-23)29-27(34)35-16-22-20-10-6-4-8-18(20)19-9-5-7-11-21(19)22/h4-11,13-15,22,24H,2-3,12,16H2,1H3,(H,29,34)(H,30,31)(H,32,33). The average molecular weight is 474 g/mol. The Balaban J connectivity index is 1.34. The molecule has 1 atom stereocenters. The normalized spacial score (nSPS) is 12.8. The monoisotopic (exact) mass is 473 g/mol. The number of ether oxygens (including phenoxy) is 1. The molecule has 0 radical (unpaired) electrons. The second-order valence-electron chi connectivity index (χ2n) is 8.39. The van der Waals surface area contributed by atoms with Crippen LogP contribution in [0.4, 0.5) is 10.5 Å². The van der Waals surface area contributed by atoms with Gasteiger partial charge >= 0.3 is 12.1 Å². The van der Waals surface area contributed by atoms with Gasteiger partial charge in [0.25, 0.3) is 5.91 Å². The summed E-state index contributed by atoms with van der Waals surface area (Å²) in [6.45, 7) is 2.13. The summed E-state index contributed by atoms with van der Waals surface area (Å²) in [6.07, 6.45) is 2.57. The van der Waals surface area contributed by atoms with Crippen molar-refractivity contribution in [2.45, 2.75) is 38.1 Å². The number of benzene rings is 2. The van der Waals surface area contributed by atoms with Gasteiger partial charge in [0.2, 0.25) is 0 Å². The molecular formula is C27H27N3O5. The number of carboxylic acid groups (broad SMARTS) is 1. The predicted octanol–water partition coefficient (Wildman–Crippen LogP) is 4.82. The van der Waals surface area contributed by atoms with E-state index in [1.165, 1.54) is 18.3 Å². The third-order valence-corrected chi connectivity index (χ3v) is 6.04. The molecule has 1 aliphatic carbocycles. The van der Waals surface area contributed by atoms with Gasteiger partial charge in [0.15, 0.2) is 0 Å². The number of amides is 2.